The van der Waals surface area contributed by atoms with E-state index in [4.69, 9.17) is 23.2 Å². The van der Waals surface area contributed by atoms with E-state index in [0.29, 0.717) is 15.9 Å². The Morgan fingerprint density at radius 3 is 2.71 bits per heavy atom. The van der Waals surface area contributed by atoms with Gasteiger partial charge in [0, 0.05) is 32.5 Å². The highest BCUT2D eigenvalue weighted by molar-refractivity contribution is 6.40. The molecule has 0 bridgehead atoms. The number of nitrogens with zero attached hydrogens (tertiary/aromatic N) is 3. The first-order chi connectivity index (χ1) is 11.5. The molecule has 0 spiro atoms. The summed E-state index contributed by atoms with van der Waals surface area (Å²) >= 11 is 12.1. The molecule has 2 heterocycles. The summed E-state index contributed by atoms with van der Waals surface area (Å²) in [6, 6.07) is 8.71. The van der Waals surface area contributed by atoms with Crippen LogP contribution in [0.15, 0.2) is 48.8 Å². The number of benzene rings is 1. The minimum atomic E-state index is -0.379. The molecule has 1 aromatic carbocycles. The molecule has 2 aromatic rings. The van der Waals surface area contributed by atoms with Gasteiger partial charge in [0.05, 0.1) is 15.6 Å². The van der Waals surface area contributed by atoms with Crippen LogP contribution in [0, 0.1) is 0 Å². The van der Waals surface area contributed by atoms with Crippen LogP contribution in [0.1, 0.15) is 15.9 Å². The highest BCUT2D eigenvalue weighted by atomic mass is 35.5. The lowest BCUT2D eigenvalue weighted by Gasteiger charge is -2.25. The lowest BCUT2D eigenvalue weighted by atomic mass is 10.2. The highest BCUT2D eigenvalue weighted by Gasteiger charge is 2.16. The number of pyridine rings is 1. The van der Waals surface area contributed by atoms with Crippen LogP contribution in [0.4, 0.5) is 5.82 Å². The van der Waals surface area contributed by atoms with Gasteiger partial charge in [-0.05, 0) is 29.8 Å². The van der Waals surface area contributed by atoms with Crippen LogP contribution in [-0.2, 0) is 6.54 Å². The Hall–Kier alpha value is -2.08. The largest absolute Gasteiger partial charge is 0.316 e. The van der Waals surface area contributed by atoms with Crippen LogP contribution >= 0.6 is 23.2 Å². The number of hydrogen-bond donors (Lipinski definition) is 1. The molecule has 0 saturated heterocycles. The highest BCUT2D eigenvalue weighted by Crippen LogP contribution is 2.25. The SMILES string of the molecule is CN1C=CCN1Cc1ccnc(NC(=O)c2c(Cl)cccc2Cl)c1. The first kappa shape index (κ1) is 16.8. The van der Waals surface area contributed by atoms with Crippen LogP contribution in [0.2, 0.25) is 10.0 Å². The fourth-order valence-corrected chi connectivity index (χ4v) is 3.03. The Kier molecular flexibility index (Phi) is 5.04. The summed E-state index contributed by atoms with van der Waals surface area (Å²) in [7, 11) is 1.99. The molecule has 0 fully saturated rings. The monoisotopic (exact) mass is 362 g/mol. The van der Waals surface area contributed by atoms with Crippen molar-refractivity contribution in [3.8, 4) is 0 Å². The number of nitrogens with one attached hydrogen (secondary N) is 1. The van der Waals surface area contributed by atoms with E-state index in [1.165, 1.54) is 0 Å². The summed E-state index contributed by atoms with van der Waals surface area (Å²) in [4.78, 5) is 16.6. The molecule has 0 unspecified atom stereocenters. The maximum absolute atomic E-state index is 12.4. The molecule has 1 aliphatic heterocycles. The number of carbonyl (C=O) groups excluding carboxylic acids is 1. The molecule has 24 heavy (non-hydrogen) atoms. The third kappa shape index (κ3) is 3.70. The Bertz CT molecular complexity index is 774. The van der Waals surface area contributed by atoms with Gasteiger partial charge in [-0.1, -0.05) is 35.3 Å². The van der Waals surface area contributed by atoms with Crippen molar-refractivity contribution in [1.29, 1.82) is 0 Å². The summed E-state index contributed by atoms with van der Waals surface area (Å²) in [5.74, 6) is 0.0819. The standard InChI is InChI=1S/C17H16Cl2N4O/c1-22-8-3-9-23(22)11-12-6-7-20-15(10-12)21-17(24)16-13(18)4-2-5-14(16)19/h2-8,10H,9,11H2,1H3,(H,20,21,24). The van der Waals surface area contributed by atoms with Crippen LogP contribution in [-0.4, -0.2) is 34.5 Å². The number of rotatable bonds is 4. The zero-order valence-corrected chi connectivity index (χ0v) is 14.6. The number of anilines is 1. The number of carbonyl (C=O) groups is 1. The van der Waals surface area contributed by atoms with Crippen molar-refractivity contribution < 1.29 is 4.79 Å². The van der Waals surface area contributed by atoms with Gasteiger partial charge in [0.25, 0.3) is 5.91 Å². The first-order valence-electron chi connectivity index (χ1n) is 7.39. The topological polar surface area (TPSA) is 48.5 Å². The van der Waals surface area contributed by atoms with Gasteiger partial charge in [-0.25, -0.2) is 9.99 Å². The van der Waals surface area contributed by atoms with E-state index < -0.39 is 0 Å². The molecule has 0 saturated carbocycles. The fourth-order valence-electron chi connectivity index (χ4n) is 2.47. The lowest BCUT2D eigenvalue weighted by molar-refractivity contribution is 0.0711. The van der Waals surface area contributed by atoms with Crippen molar-refractivity contribution in [2.75, 3.05) is 18.9 Å². The van der Waals surface area contributed by atoms with E-state index in [0.717, 1.165) is 18.7 Å². The summed E-state index contributed by atoms with van der Waals surface area (Å²) < 4.78 is 0. The molecule has 0 aliphatic carbocycles. The molecular weight excluding hydrogens is 347 g/mol. The minimum Gasteiger partial charge on any atom is -0.316 e. The van der Waals surface area contributed by atoms with Crippen molar-refractivity contribution in [3.63, 3.8) is 0 Å². The molecular formula is C17H16Cl2N4O. The maximum Gasteiger partial charge on any atom is 0.259 e. The van der Waals surface area contributed by atoms with Gasteiger partial charge < -0.3 is 10.3 Å². The number of hydrogen-bond acceptors (Lipinski definition) is 4. The van der Waals surface area contributed by atoms with E-state index in [2.05, 4.69) is 21.4 Å². The molecule has 0 atom stereocenters. The van der Waals surface area contributed by atoms with E-state index >= 15 is 0 Å². The normalized spacial score (nSPS) is 14.2. The second-order valence-corrected chi connectivity index (χ2v) is 6.22. The van der Waals surface area contributed by atoms with Gasteiger partial charge in [-0.15, -0.1) is 0 Å². The van der Waals surface area contributed by atoms with Gasteiger partial charge in [-0.3, -0.25) is 4.79 Å². The zero-order valence-electron chi connectivity index (χ0n) is 13.0. The molecule has 1 N–H and O–H groups in total. The fraction of sp³-hybridized carbons (Fsp3) is 0.176. The van der Waals surface area contributed by atoms with E-state index in [1.54, 1.807) is 24.4 Å². The molecule has 5 nitrogen and oxygen atoms in total. The Morgan fingerprint density at radius 2 is 2.04 bits per heavy atom. The predicted molar refractivity (Wildman–Crippen MR) is 96.0 cm³/mol. The molecule has 1 aliphatic rings. The van der Waals surface area contributed by atoms with Gasteiger partial charge in [-0.2, -0.15) is 0 Å². The number of halogens is 2. The Morgan fingerprint density at radius 1 is 1.29 bits per heavy atom. The Labute approximate surface area is 150 Å². The van der Waals surface area contributed by atoms with E-state index in [9.17, 15) is 4.79 Å². The van der Waals surface area contributed by atoms with E-state index in [-0.39, 0.29) is 11.5 Å². The third-order valence-corrected chi connectivity index (χ3v) is 4.33. The summed E-state index contributed by atoms with van der Waals surface area (Å²) in [6.45, 7) is 1.58. The zero-order chi connectivity index (χ0) is 17.1. The number of hydrazine groups is 1. The molecule has 1 aromatic heterocycles. The quantitative estimate of drug-likeness (QED) is 0.897. The van der Waals surface area contributed by atoms with Crippen molar-refractivity contribution in [2.45, 2.75) is 6.54 Å². The van der Waals surface area contributed by atoms with Gasteiger partial charge in [0.15, 0.2) is 0 Å². The number of aromatic nitrogens is 1. The first-order valence-corrected chi connectivity index (χ1v) is 8.15. The average Bonchev–Trinajstić information content (AvgIpc) is 2.92. The van der Waals surface area contributed by atoms with Crippen molar-refractivity contribution >= 4 is 34.9 Å². The maximum atomic E-state index is 12.4. The minimum absolute atomic E-state index is 0.247. The summed E-state index contributed by atoms with van der Waals surface area (Å²) in [6.07, 6.45) is 5.77. The smallest absolute Gasteiger partial charge is 0.259 e. The second kappa shape index (κ2) is 7.21. The molecule has 7 heteroatoms. The van der Waals surface area contributed by atoms with Gasteiger partial charge in [0.1, 0.15) is 5.82 Å². The van der Waals surface area contributed by atoms with Gasteiger partial charge in [0.2, 0.25) is 0 Å². The summed E-state index contributed by atoms with van der Waals surface area (Å²) in [5.41, 5.74) is 1.29. The van der Waals surface area contributed by atoms with Crippen LogP contribution in [0.25, 0.3) is 0 Å². The predicted octanol–water partition coefficient (Wildman–Crippen LogP) is 3.82. The third-order valence-electron chi connectivity index (χ3n) is 3.70. The van der Waals surface area contributed by atoms with E-state index in [1.807, 2.05) is 30.4 Å². The Balaban J connectivity index is 1.74. The van der Waals surface area contributed by atoms with Crippen molar-refractivity contribution in [3.05, 3.63) is 70.0 Å². The van der Waals surface area contributed by atoms with Crippen LogP contribution < -0.4 is 5.32 Å². The van der Waals surface area contributed by atoms with Crippen molar-refractivity contribution in [1.82, 2.24) is 15.0 Å². The van der Waals surface area contributed by atoms with Crippen LogP contribution in [0.3, 0.4) is 0 Å². The number of amides is 1. The molecule has 3 rings (SSSR count). The average molecular weight is 363 g/mol. The molecule has 124 valence electrons. The lowest BCUT2D eigenvalue weighted by Crippen LogP contribution is -2.31. The van der Waals surface area contributed by atoms with Crippen LogP contribution in [0.5, 0.6) is 0 Å². The summed E-state index contributed by atoms with van der Waals surface area (Å²) in [5, 5.41) is 7.55. The molecule has 0 radical (unpaired) electrons. The molecule has 1 amide bonds. The van der Waals surface area contributed by atoms with Gasteiger partial charge >= 0.3 is 0 Å². The second-order valence-electron chi connectivity index (χ2n) is 5.41. The van der Waals surface area contributed by atoms with Crippen molar-refractivity contribution in [2.24, 2.45) is 0 Å².